The quantitative estimate of drug-likeness (QED) is 0.754. The molecule has 23 heavy (non-hydrogen) atoms. The van der Waals surface area contributed by atoms with E-state index in [-0.39, 0.29) is 5.91 Å². The highest BCUT2D eigenvalue weighted by Gasteiger charge is 2.06. The summed E-state index contributed by atoms with van der Waals surface area (Å²) in [6.07, 6.45) is 1.72. The van der Waals surface area contributed by atoms with E-state index in [1.165, 1.54) is 0 Å². The van der Waals surface area contributed by atoms with Gasteiger partial charge in [0, 0.05) is 24.0 Å². The monoisotopic (exact) mass is 303 g/mol. The standard InChI is InChI=1S/C19H17N3O/c23-19(21-14-15-7-2-1-3-8-15)16-9-6-10-17(13-16)22-18-11-4-5-12-20-18/h1-13H,14H2,(H,20,22)(H,21,23). The molecule has 4 nitrogen and oxygen atoms in total. The number of carbonyl (C=O) groups is 1. The van der Waals surface area contributed by atoms with Gasteiger partial charge < -0.3 is 10.6 Å². The first-order valence-electron chi connectivity index (χ1n) is 7.41. The van der Waals surface area contributed by atoms with Gasteiger partial charge in [-0.1, -0.05) is 42.5 Å². The Bertz CT molecular complexity index is 773. The fourth-order valence-corrected chi connectivity index (χ4v) is 2.20. The zero-order valence-corrected chi connectivity index (χ0v) is 12.6. The maximum absolute atomic E-state index is 12.3. The predicted octanol–water partition coefficient (Wildman–Crippen LogP) is 3.76. The lowest BCUT2D eigenvalue weighted by atomic mass is 10.1. The van der Waals surface area contributed by atoms with E-state index in [9.17, 15) is 4.79 Å². The molecule has 1 aromatic heterocycles. The number of carbonyl (C=O) groups excluding carboxylic acids is 1. The van der Waals surface area contributed by atoms with Gasteiger partial charge in [0.1, 0.15) is 5.82 Å². The van der Waals surface area contributed by atoms with Crippen LogP contribution in [-0.4, -0.2) is 10.9 Å². The van der Waals surface area contributed by atoms with E-state index in [0.717, 1.165) is 17.1 Å². The molecule has 0 aliphatic rings. The second kappa shape index (κ2) is 7.22. The Morgan fingerprint density at radius 2 is 1.74 bits per heavy atom. The lowest BCUT2D eigenvalue weighted by Gasteiger charge is -2.08. The Hall–Kier alpha value is -3.14. The summed E-state index contributed by atoms with van der Waals surface area (Å²) in [5.41, 5.74) is 2.52. The summed E-state index contributed by atoms with van der Waals surface area (Å²) in [6.45, 7) is 0.511. The zero-order valence-electron chi connectivity index (χ0n) is 12.6. The fraction of sp³-hybridized carbons (Fsp3) is 0.0526. The van der Waals surface area contributed by atoms with E-state index in [1.807, 2.05) is 66.7 Å². The molecule has 0 unspecified atom stereocenters. The largest absolute Gasteiger partial charge is 0.348 e. The molecule has 0 spiro atoms. The Morgan fingerprint density at radius 1 is 0.913 bits per heavy atom. The SMILES string of the molecule is O=C(NCc1ccccc1)c1cccc(Nc2ccccn2)c1. The number of nitrogens with one attached hydrogen (secondary N) is 2. The van der Waals surface area contributed by atoms with E-state index >= 15 is 0 Å². The van der Waals surface area contributed by atoms with Gasteiger partial charge in [-0.05, 0) is 35.9 Å². The van der Waals surface area contributed by atoms with Crippen molar-refractivity contribution in [3.05, 3.63) is 90.1 Å². The zero-order chi connectivity index (χ0) is 15.9. The highest BCUT2D eigenvalue weighted by Crippen LogP contribution is 2.15. The number of anilines is 2. The van der Waals surface area contributed by atoms with E-state index in [2.05, 4.69) is 15.6 Å². The molecule has 0 fully saturated rings. The average molecular weight is 303 g/mol. The third-order valence-electron chi connectivity index (χ3n) is 3.36. The fourth-order valence-electron chi connectivity index (χ4n) is 2.20. The molecule has 0 aliphatic heterocycles. The van der Waals surface area contributed by atoms with Crippen molar-refractivity contribution < 1.29 is 4.79 Å². The summed E-state index contributed by atoms with van der Waals surface area (Å²) in [5, 5.41) is 6.11. The summed E-state index contributed by atoms with van der Waals surface area (Å²) >= 11 is 0. The molecule has 0 bridgehead atoms. The number of benzene rings is 2. The van der Waals surface area contributed by atoms with E-state index in [0.29, 0.717) is 12.1 Å². The van der Waals surface area contributed by atoms with Crippen LogP contribution in [0.1, 0.15) is 15.9 Å². The first kappa shape index (κ1) is 14.8. The summed E-state index contributed by atoms with van der Waals surface area (Å²) in [5.74, 6) is 0.646. The third kappa shape index (κ3) is 4.17. The minimum atomic E-state index is -0.0986. The summed E-state index contributed by atoms with van der Waals surface area (Å²) in [4.78, 5) is 16.5. The number of rotatable bonds is 5. The first-order valence-corrected chi connectivity index (χ1v) is 7.41. The molecule has 3 rings (SSSR count). The molecule has 1 heterocycles. The number of aromatic nitrogens is 1. The van der Waals surface area contributed by atoms with Crippen LogP contribution in [0.2, 0.25) is 0 Å². The van der Waals surface area contributed by atoms with E-state index in [4.69, 9.17) is 0 Å². The molecule has 0 atom stereocenters. The Kier molecular flexibility index (Phi) is 4.64. The highest BCUT2D eigenvalue weighted by molar-refractivity contribution is 5.95. The van der Waals surface area contributed by atoms with Crippen molar-refractivity contribution in [3.8, 4) is 0 Å². The van der Waals surface area contributed by atoms with Gasteiger partial charge in [0.25, 0.3) is 5.91 Å². The topological polar surface area (TPSA) is 54.0 Å². The smallest absolute Gasteiger partial charge is 0.251 e. The number of nitrogens with zero attached hydrogens (tertiary/aromatic N) is 1. The summed E-state index contributed by atoms with van der Waals surface area (Å²) in [7, 11) is 0. The van der Waals surface area contributed by atoms with Gasteiger partial charge >= 0.3 is 0 Å². The molecule has 1 amide bonds. The second-order valence-electron chi connectivity index (χ2n) is 5.09. The lowest BCUT2D eigenvalue weighted by molar-refractivity contribution is 0.0951. The van der Waals surface area contributed by atoms with Crippen molar-refractivity contribution in [1.82, 2.24) is 10.3 Å². The Balaban J connectivity index is 1.65. The van der Waals surface area contributed by atoms with Crippen molar-refractivity contribution in [2.24, 2.45) is 0 Å². The number of hydrogen-bond donors (Lipinski definition) is 2. The van der Waals surface area contributed by atoms with Crippen LogP contribution in [-0.2, 0) is 6.54 Å². The molecule has 4 heteroatoms. The van der Waals surface area contributed by atoms with Gasteiger partial charge in [-0.15, -0.1) is 0 Å². The number of pyridine rings is 1. The van der Waals surface area contributed by atoms with Crippen molar-refractivity contribution in [2.45, 2.75) is 6.54 Å². The Morgan fingerprint density at radius 3 is 2.52 bits per heavy atom. The molecule has 2 N–H and O–H groups in total. The maximum Gasteiger partial charge on any atom is 0.251 e. The van der Waals surface area contributed by atoms with Crippen molar-refractivity contribution in [2.75, 3.05) is 5.32 Å². The van der Waals surface area contributed by atoms with Crippen LogP contribution in [0, 0.1) is 0 Å². The molecular weight excluding hydrogens is 286 g/mol. The van der Waals surface area contributed by atoms with Gasteiger partial charge in [0.15, 0.2) is 0 Å². The van der Waals surface area contributed by atoms with Crippen molar-refractivity contribution in [1.29, 1.82) is 0 Å². The van der Waals surface area contributed by atoms with Crippen LogP contribution < -0.4 is 10.6 Å². The van der Waals surface area contributed by atoms with Gasteiger partial charge in [0.2, 0.25) is 0 Å². The first-order chi connectivity index (χ1) is 11.3. The van der Waals surface area contributed by atoms with Crippen molar-refractivity contribution >= 4 is 17.4 Å². The molecule has 0 aliphatic carbocycles. The van der Waals surface area contributed by atoms with Crippen LogP contribution in [0.25, 0.3) is 0 Å². The number of hydrogen-bond acceptors (Lipinski definition) is 3. The van der Waals surface area contributed by atoms with Crippen LogP contribution in [0.3, 0.4) is 0 Å². The molecule has 0 saturated heterocycles. The predicted molar refractivity (Wildman–Crippen MR) is 91.6 cm³/mol. The molecule has 3 aromatic rings. The average Bonchev–Trinajstić information content (AvgIpc) is 2.62. The molecule has 0 saturated carbocycles. The second-order valence-corrected chi connectivity index (χ2v) is 5.09. The van der Waals surface area contributed by atoms with E-state index in [1.54, 1.807) is 12.3 Å². The minimum Gasteiger partial charge on any atom is -0.348 e. The molecule has 2 aromatic carbocycles. The number of amides is 1. The van der Waals surface area contributed by atoms with Crippen LogP contribution >= 0.6 is 0 Å². The van der Waals surface area contributed by atoms with Gasteiger partial charge in [0.05, 0.1) is 0 Å². The molecule has 0 radical (unpaired) electrons. The molecule has 114 valence electrons. The maximum atomic E-state index is 12.3. The molecular formula is C19H17N3O. The van der Waals surface area contributed by atoms with E-state index < -0.39 is 0 Å². The van der Waals surface area contributed by atoms with Gasteiger partial charge in [-0.3, -0.25) is 4.79 Å². The lowest BCUT2D eigenvalue weighted by Crippen LogP contribution is -2.22. The summed E-state index contributed by atoms with van der Waals surface area (Å²) in [6, 6.07) is 22.9. The Labute approximate surface area is 135 Å². The van der Waals surface area contributed by atoms with Gasteiger partial charge in [-0.2, -0.15) is 0 Å². The van der Waals surface area contributed by atoms with Crippen LogP contribution in [0.5, 0.6) is 0 Å². The van der Waals surface area contributed by atoms with Crippen LogP contribution in [0.4, 0.5) is 11.5 Å². The minimum absolute atomic E-state index is 0.0986. The van der Waals surface area contributed by atoms with Gasteiger partial charge in [-0.25, -0.2) is 4.98 Å². The van der Waals surface area contributed by atoms with Crippen LogP contribution in [0.15, 0.2) is 79.0 Å². The summed E-state index contributed by atoms with van der Waals surface area (Å²) < 4.78 is 0. The normalized spacial score (nSPS) is 10.1. The van der Waals surface area contributed by atoms with Crippen molar-refractivity contribution in [3.63, 3.8) is 0 Å². The third-order valence-corrected chi connectivity index (χ3v) is 3.36. The highest BCUT2D eigenvalue weighted by atomic mass is 16.1.